The van der Waals surface area contributed by atoms with Crippen LogP contribution in [0.5, 0.6) is 5.75 Å². The third-order valence-electron chi connectivity index (χ3n) is 5.51. The van der Waals surface area contributed by atoms with Gasteiger partial charge in [-0.05, 0) is 61.8 Å². The molecule has 0 aliphatic heterocycles. The Hall–Kier alpha value is -3.06. The molecule has 1 aliphatic carbocycles. The lowest BCUT2D eigenvalue weighted by Crippen LogP contribution is -2.30. The van der Waals surface area contributed by atoms with Gasteiger partial charge in [-0.2, -0.15) is 0 Å². The van der Waals surface area contributed by atoms with Gasteiger partial charge in [0.2, 0.25) is 0 Å². The van der Waals surface area contributed by atoms with E-state index in [0.29, 0.717) is 36.3 Å². The summed E-state index contributed by atoms with van der Waals surface area (Å²) in [5.41, 5.74) is 1.33. The average Bonchev–Trinajstić information content (AvgIpc) is 2.79. The van der Waals surface area contributed by atoms with Gasteiger partial charge >= 0.3 is 12.1 Å². The van der Waals surface area contributed by atoms with Crippen LogP contribution in [0.25, 0.3) is 0 Å². The largest absolute Gasteiger partial charge is 0.495 e. The summed E-state index contributed by atoms with van der Waals surface area (Å²) in [7, 11) is 1.58. The summed E-state index contributed by atoms with van der Waals surface area (Å²) in [6.07, 6.45) is 3.29. The van der Waals surface area contributed by atoms with E-state index in [2.05, 4.69) is 0 Å². The predicted molar refractivity (Wildman–Crippen MR) is 117 cm³/mol. The molecule has 31 heavy (non-hydrogen) atoms. The molecule has 1 fully saturated rings. The number of carbonyl (C=O) groups excluding carboxylic acids is 1. The van der Waals surface area contributed by atoms with Crippen LogP contribution < -0.4 is 9.64 Å². The Morgan fingerprint density at radius 1 is 0.935 bits per heavy atom. The summed E-state index contributed by atoms with van der Waals surface area (Å²) in [5, 5.41) is 8.66. The van der Waals surface area contributed by atoms with Crippen molar-refractivity contribution in [3.8, 4) is 5.75 Å². The van der Waals surface area contributed by atoms with E-state index >= 15 is 0 Å². The first-order valence-corrected chi connectivity index (χ1v) is 10.5. The Bertz CT molecular complexity index is 848. The minimum absolute atomic E-state index is 0.254. The molecule has 1 saturated carbocycles. The Labute approximate surface area is 182 Å². The van der Waals surface area contributed by atoms with Gasteiger partial charge in [-0.15, -0.1) is 0 Å². The molecule has 0 bridgehead atoms. The zero-order valence-electron chi connectivity index (χ0n) is 17.7. The lowest BCUT2D eigenvalue weighted by atomic mass is 9.83. The second kappa shape index (κ2) is 11.4. The van der Waals surface area contributed by atoms with Crippen molar-refractivity contribution in [2.45, 2.75) is 25.7 Å². The first-order valence-electron chi connectivity index (χ1n) is 10.5. The molecule has 1 amide bonds. The summed E-state index contributed by atoms with van der Waals surface area (Å²) in [6, 6.07) is 16.7. The van der Waals surface area contributed by atoms with Gasteiger partial charge in [0.05, 0.1) is 31.7 Å². The number of hydrogen-bond donors (Lipinski definition) is 1. The standard InChI is InChI=1S/C24H29NO6/c1-29-22-10-6-5-9-21(22)25(20-7-3-2-4-8-20)24(28)31-16-19-13-11-18(12-14-19)15-30-17-23(26)27/h2-10,18-19H,11-17H2,1H3,(H,26,27). The van der Waals surface area contributed by atoms with Gasteiger partial charge in [0.1, 0.15) is 12.4 Å². The fraction of sp³-hybridized carbons (Fsp3) is 0.417. The maximum atomic E-state index is 13.1. The normalized spacial score (nSPS) is 18.2. The van der Waals surface area contributed by atoms with E-state index in [-0.39, 0.29) is 12.5 Å². The van der Waals surface area contributed by atoms with E-state index in [4.69, 9.17) is 19.3 Å². The van der Waals surface area contributed by atoms with Crippen LogP contribution in [0.4, 0.5) is 16.2 Å². The highest BCUT2D eigenvalue weighted by atomic mass is 16.6. The lowest BCUT2D eigenvalue weighted by molar-refractivity contribution is -0.142. The number of anilines is 2. The number of para-hydroxylation sites is 3. The van der Waals surface area contributed by atoms with E-state index in [1.165, 1.54) is 4.90 Å². The quantitative estimate of drug-likeness (QED) is 0.614. The minimum Gasteiger partial charge on any atom is -0.495 e. The lowest BCUT2D eigenvalue weighted by Gasteiger charge is -2.29. The second-order valence-corrected chi connectivity index (χ2v) is 7.72. The summed E-state index contributed by atoms with van der Waals surface area (Å²) in [5.74, 6) is 0.291. The van der Waals surface area contributed by atoms with Crippen LogP contribution in [0, 0.1) is 11.8 Å². The van der Waals surface area contributed by atoms with Crippen molar-refractivity contribution in [1.82, 2.24) is 0 Å². The molecule has 2 aromatic carbocycles. The van der Waals surface area contributed by atoms with Crippen molar-refractivity contribution in [3.05, 3.63) is 54.6 Å². The summed E-state index contributed by atoms with van der Waals surface area (Å²) < 4.78 is 16.4. The van der Waals surface area contributed by atoms with Crippen molar-refractivity contribution in [1.29, 1.82) is 0 Å². The minimum atomic E-state index is -0.946. The van der Waals surface area contributed by atoms with E-state index in [1.54, 1.807) is 7.11 Å². The SMILES string of the molecule is COc1ccccc1N(C(=O)OCC1CCC(COCC(=O)O)CC1)c1ccccc1. The van der Waals surface area contributed by atoms with E-state index in [9.17, 15) is 9.59 Å². The zero-order chi connectivity index (χ0) is 22.1. The predicted octanol–water partition coefficient (Wildman–Crippen LogP) is 4.88. The first kappa shape index (κ1) is 22.6. The molecule has 7 heteroatoms. The third-order valence-corrected chi connectivity index (χ3v) is 5.51. The topological polar surface area (TPSA) is 85.3 Å². The number of carboxylic acids is 1. The fourth-order valence-electron chi connectivity index (χ4n) is 3.87. The van der Waals surface area contributed by atoms with Gasteiger partial charge in [-0.1, -0.05) is 30.3 Å². The monoisotopic (exact) mass is 427 g/mol. The fourth-order valence-corrected chi connectivity index (χ4v) is 3.87. The highest BCUT2D eigenvalue weighted by Crippen LogP contribution is 2.35. The number of benzene rings is 2. The number of aliphatic carboxylic acids is 1. The maximum absolute atomic E-state index is 13.1. The zero-order valence-corrected chi connectivity index (χ0v) is 17.7. The van der Waals surface area contributed by atoms with Crippen molar-refractivity contribution in [2.24, 2.45) is 11.8 Å². The van der Waals surface area contributed by atoms with Gasteiger partial charge < -0.3 is 19.3 Å². The molecule has 1 N–H and O–H groups in total. The van der Waals surface area contributed by atoms with Crippen LogP contribution in [-0.4, -0.2) is 44.1 Å². The van der Waals surface area contributed by atoms with Crippen LogP contribution in [-0.2, 0) is 14.3 Å². The molecule has 7 nitrogen and oxygen atoms in total. The van der Waals surface area contributed by atoms with Gasteiger partial charge in [0, 0.05) is 0 Å². The molecular weight excluding hydrogens is 398 g/mol. The van der Waals surface area contributed by atoms with Gasteiger partial charge in [-0.25, -0.2) is 14.5 Å². The molecule has 166 valence electrons. The molecule has 0 heterocycles. The Morgan fingerprint density at radius 2 is 1.55 bits per heavy atom. The van der Waals surface area contributed by atoms with Gasteiger partial charge in [0.15, 0.2) is 0 Å². The number of carbonyl (C=O) groups is 2. The Morgan fingerprint density at radius 3 is 2.19 bits per heavy atom. The number of amides is 1. The smallest absolute Gasteiger partial charge is 0.419 e. The Kier molecular flexibility index (Phi) is 8.29. The number of nitrogens with zero attached hydrogens (tertiary/aromatic N) is 1. The van der Waals surface area contributed by atoms with Crippen LogP contribution in [0.15, 0.2) is 54.6 Å². The number of hydrogen-bond acceptors (Lipinski definition) is 5. The van der Waals surface area contributed by atoms with Crippen LogP contribution in [0.1, 0.15) is 25.7 Å². The van der Waals surface area contributed by atoms with Gasteiger partial charge in [0.25, 0.3) is 0 Å². The van der Waals surface area contributed by atoms with Crippen LogP contribution in [0.2, 0.25) is 0 Å². The molecule has 0 radical (unpaired) electrons. The summed E-state index contributed by atoms with van der Waals surface area (Å²) >= 11 is 0. The van der Waals surface area contributed by atoms with Crippen LogP contribution >= 0.6 is 0 Å². The van der Waals surface area contributed by atoms with Gasteiger partial charge in [-0.3, -0.25) is 0 Å². The van der Waals surface area contributed by atoms with E-state index in [1.807, 2.05) is 54.6 Å². The molecule has 0 unspecified atom stereocenters. The number of rotatable bonds is 9. The van der Waals surface area contributed by atoms with Crippen molar-refractivity contribution in [2.75, 3.05) is 31.8 Å². The first-order chi connectivity index (χ1) is 15.1. The van der Waals surface area contributed by atoms with E-state index < -0.39 is 12.1 Å². The highest BCUT2D eigenvalue weighted by Gasteiger charge is 2.26. The molecule has 1 aliphatic rings. The maximum Gasteiger partial charge on any atom is 0.419 e. The Balaban J connectivity index is 1.59. The molecular formula is C24H29NO6. The number of methoxy groups -OCH3 is 1. The molecule has 0 aromatic heterocycles. The third kappa shape index (κ3) is 6.46. The molecule has 3 rings (SSSR count). The molecule has 0 saturated heterocycles. The summed E-state index contributed by atoms with van der Waals surface area (Å²) in [4.78, 5) is 25.2. The summed E-state index contributed by atoms with van der Waals surface area (Å²) in [6.45, 7) is 0.560. The van der Waals surface area contributed by atoms with E-state index in [0.717, 1.165) is 25.7 Å². The molecule has 2 aromatic rings. The highest BCUT2D eigenvalue weighted by molar-refractivity contribution is 5.97. The van der Waals surface area contributed by atoms with Crippen molar-refractivity contribution < 1.29 is 28.9 Å². The van der Waals surface area contributed by atoms with Crippen LogP contribution in [0.3, 0.4) is 0 Å². The molecule has 0 atom stereocenters. The van der Waals surface area contributed by atoms with Crippen molar-refractivity contribution >= 4 is 23.4 Å². The second-order valence-electron chi connectivity index (χ2n) is 7.72. The number of carboxylic acid groups (broad SMARTS) is 1. The van der Waals surface area contributed by atoms with Crippen molar-refractivity contribution in [3.63, 3.8) is 0 Å². The molecule has 0 spiro atoms. The number of ether oxygens (including phenoxy) is 3. The average molecular weight is 427 g/mol.